The van der Waals surface area contributed by atoms with Crippen LogP contribution in [0.15, 0.2) is 12.4 Å². The van der Waals surface area contributed by atoms with E-state index in [2.05, 4.69) is 29.5 Å². The highest BCUT2D eigenvalue weighted by atomic mass is 16.1. The normalized spacial score (nSPS) is 12.7. The molecule has 0 aromatic carbocycles. The van der Waals surface area contributed by atoms with Crippen molar-refractivity contribution in [3.8, 4) is 0 Å². The fourth-order valence-electron chi connectivity index (χ4n) is 1.67. The van der Waals surface area contributed by atoms with E-state index in [0.29, 0.717) is 25.6 Å². The average Bonchev–Trinajstić information content (AvgIpc) is 2.78. The van der Waals surface area contributed by atoms with E-state index in [1.807, 2.05) is 0 Å². The number of aromatic nitrogens is 3. The van der Waals surface area contributed by atoms with E-state index in [4.69, 9.17) is 5.73 Å². The first-order valence-electron chi connectivity index (χ1n) is 5.95. The summed E-state index contributed by atoms with van der Waals surface area (Å²) in [4.78, 5) is 11.8. The summed E-state index contributed by atoms with van der Waals surface area (Å²) in [5.74, 6) is 0.414. The number of carbonyl (C=O) groups excluding carboxylic acids is 1. The second-order valence-corrected chi connectivity index (χ2v) is 4.52. The average molecular weight is 239 g/mol. The summed E-state index contributed by atoms with van der Waals surface area (Å²) < 4.78 is 1.68. The van der Waals surface area contributed by atoms with Crippen LogP contribution >= 0.6 is 0 Å². The third-order valence-electron chi connectivity index (χ3n) is 2.52. The maximum absolute atomic E-state index is 11.8. The predicted octanol–water partition coefficient (Wildman–Crippen LogP) is 0.0153. The second kappa shape index (κ2) is 7.01. The highest BCUT2D eigenvalue weighted by Crippen LogP contribution is 2.10. The molecule has 0 saturated carbocycles. The lowest BCUT2D eigenvalue weighted by Crippen LogP contribution is -2.37. The molecular weight excluding hydrogens is 218 g/mol. The van der Waals surface area contributed by atoms with Gasteiger partial charge >= 0.3 is 0 Å². The van der Waals surface area contributed by atoms with Crippen LogP contribution in [0.4, 0.5) is 0 Å². The molecule has 3 N–H and O–H groups in total. The number of carbonyl (C=O) groups is 1. The summed E-state index contributed by atoms with van der Waals surface area (Å²) >= 11 is 0. The van der Waals surface area contributed by atoms with Crippen molar-refractivity contribution in [2.45, 2.75) is 26.8 Å². The van der Waals surface area contributed by atoms with Crippen molar-refractivity contribution in [3.05, 3.63) is 12.4 Å². The molecule has 6 heteroatoms. The molecule has 0 fully saturated rings. The monoisotopic (exact) mass is 239 g/mol. The van der Waals surface area contributed by atoms with E-state index in [-0.39, 0.29) is 11.8 Å². The van der Waals surface area contributed by atoms with E-state index < -0.39 is 0 Å². The second-order valence-electron chi connectivity index (χ2n) is 4.52. The molecule has 17 heavy (non-hydrogen) atoms. The first kappa shape index (κ1) is 13.6. The minimum absolute atomic E-state index is 0.0290. The molecular formula is C11H21N5O. The molecule has 6 nitrogen and oxygen atoms in total. The fraction of sp³-hybridized carbons (Fsp3) is 0.727. The Balaban J connectivity index is 2.27. The molecule has 0 aliphatic rings. The van der Waals surface area contributed by atoms with Crippen LogP contribution in [0.3, 0.4) is 0 Å². The Labute approximate surface area is 102 Å². The molecule has 1 heterocycles. The Morgan fingerprint density at radius 3 is 2.82 bits per heavy atom. The van der Waals surface area contributed by atoms with Gasteiger partial charge in [-0.05, 0) is 12.3 Å². The summed E-state index contributed by atoms with van der Waals surface area (Å²) in [5, 5.41) is 10.4. The summed E-state index contributed by atoms with van der Waals surface area (Å²) in [5.41, 5.74) is 5.60. The van der Waals surface area contributed by atoms with Crippen LogP contribution in [0.25, 0.3) is 0 Å². The molecule has 1 unspecified atom stereocenters. The summed E-state index contributed by atoms with van der Waals surface area (Å²) in [6.45, 7) is 5.76. The van der Waals surface area contributed by atoms with Crippen LogP contribution in [0.5, 0.6) is 0 Å². The van der Waals surface area contributed by atoms with E-state index in [0.717, 1.165) is 6.42 Å². The highest BCUT2D eigenvalue weighted by Gasteiger charge is 2.17. The van der Waals surface area contributed by atoms with Gasteiger partial charge in [0.25, 0.3) is 0 Å². The number of hydrogen-bond donors (Lipinski definition) is 2. The predicted molar refractivity (Wildman–Crippen MR) is 65.0 cm³/mol. The topological polar surface area (TPSA) is 85.8 Å². The molecule has 1 amide bonds. The lowest BCUT2D eigenvalue weighted by Gasteiger charge is -2.16. The van der Waals surface area contributed by atoms with Crippen LogP contribution in [-0.2, 0) is 11.3 Å². The third-order valence-corrected chi connectivity index (χ3v) is 2.52. The van der Waals surface area contributed by atoms with Crippen LogP contribution in [0.1, 0.15) is 20.3 Å². The zero-order valence-electron chi connectivity index (χ0n) is 10.5. The number of amides is 1. The molecule has 0 radical (unpaired) electrons. The zero-order valence-corrected chi connectivity index (χ0v) is 10.5. The van der Waals surface area contributed by atoms with Crippen LogP contribution < -0.4 is 11.1 Å². The largest absolute Gasteiger partial charge is 0.354 e. The van der Waals surface area contributed by atoms with Crippen molar-refractivity contribution in [3.63, 3.8) is 0 Å². The van der Waals surface area contributed by atoms with Crippen molar-refractivity contribution in [2.24, 2.45) is 17.6 Å². The van der Waals surface area contributed by atoms with Gasteiger partial charge in [-0.2, -0.15) is 0 Å². The van der Waals surface area contributed by atoms with Crippen molar-refractivity contribution >= 4 is 5.91 Å². The van der Waals surface area contributed by atoms with Crippen molar-refractivity contribution in [1.82, 2.24) is 20.3 Å². The summed E-state index contributed by atoms with van der Waals surface area (Å²) in [6, 6.07) is 0. The Hall–Kier alpha value is -1.43. The zero-order chi connectivity index (χ0) is 12.7. The Kier molecular flexibility index (Phi) is 5.62. The van der Waals surface area contributed by atoms with Gasteiger partial charge in [-0.15, -0.1) is 5.10 Å². The lowest BCUT2D eigenvalue weighted by atomic mass is 9.96. The Morgan fingerprint density at radius 2 is 2.29 bits per heavy atom. The Bertz CT molecular complexity index is 323. The van der Waals surface area contributed by atoms with E-state index in [1.165, 1.54) is 0 Å². The molecule has 0 saturated heterocycles. The van der Waals surface area contributed by atoms with Crippen molar-refractivity contribution in [2.75, 3.05) is 13.1 Å². The van der Waals surface area contributed by atoms with Gasteiger partial charge in [0.1, 0.15) is 0 Å². The molecule has 0 bridgehead atoms. The summed E-state index contributed by atoms with van der Waals surface area (Å²) in [6.07, 6.45) is 4.20. The Morgan fingerprint density at radius 1 is 1.53 bits per heavy atom. The van der Waals surface area contributed by atoms with E-state index >= 15 is 0 Å². The standard InChI is InChI=1S/C11H21N5O/c1-9(2)7-10(8-12)11(17)13-3-5-16-6-4-14-15-16/h4,6,9-10H,3,5,7-8,12H2,1-2H3,(H,13,17). The van der Waals surface area contributed by atoms with Crippen molar-refractivity contribution < 1.29 is 4.79 Å². The number of nitrogens with zero attached hydrogens (tertiary/aromatic N) is 3. The molecule has 0 spiro atoms. The van der Waals surface area contributed by atoms with E-state index in [1.54, 1.807) is 17.1 Å². The minimum atomic E-state index is -0.0919. The number of nitrogens with one attached hydrogen (secondary N) is 1. The van der Waals surface area contributed by atoms with Crippen molar-refractivity contribution in [1.29, 1.82) is 0 Å². The van der Waals surface area contributed by atoms with Crippen LogP contribution in [0.2, 0.25) is 0 Å². The minimum Gasteiger partial charge on any atom is -0.354 e. The number of nitrogens with two attached hydrogens (primary N) is 1. The van der Waals surface area contributed by atoms with Gasteiger partial charge in [-0.1, -0.05) is 19.1 Å². The number of hydrogen-bond acceptors (Lipinski definition) is 4. The number of rotatable bonds is 7. The van der Waals surface area contributed by atoms with Gasteiger partial charge < -0.3 is 11.1 Å². The van der Waals surface area contributed by atoms with Crippen LogP contribution in [0, 0.1) is 11.8 Å². The molecule has 1 atom stereocenters. The molecule has 0 aliphatic heterocycles. The highest BCUT2D eigenvalue weighted by molar-refractivity contribution is 5.78. The molecule has 1 aromatic rings. The van der Waals surface area contributed by atoms with Gasteiger partial charge in [0, 0.05) is 19.3 Å². The maximum Gasteiger partial charge on any atom is 0.224 e. The van der Waals surface area contributed by atoms with Gasteiger partial charge in [0.05, 0.1) is 18.7 Å². The SMILES string of the molecule is CC(C)CC(CN)C(=O)NCCn1ccnn1. The quantitative estimate of drug-likeness (QED) is 0.702. The van der Waals surface area contributed by atoms with Gasteiger partial charge in [-0.25, -0.2) is 0 Å². The van der Waals surface area contributed by atoms with Gasteiger partial charge in [0.15, 0.2) is 0 Å². The first-order valence-corrected chi connectivity index (χ1v) is 5.95. The fourth-order valence-corrected chi connectivity index (χ4v) is 1.67. The van der Waals surface area contributed by atoms with Gasteiger partial charge in [0.2, 0.25) is 5.91 Å². The van der Waals surface area contributed by atoms with Gasteiger partial charge in [-0.3, -0.25) is 9.48 Å². The molecule has 96 valence electrons. The first-order chi connectivity index (χ1) is 8.13. The molecule has 1 rings (SSSR count). The maximum atomic E-state index is 11.8. The van der Waals surface area contributed by atoms with Crippen LogP contribution in [-0.4, -0.2) is 34.0 Å². The summed E-state index contributed by atoms with van der Waals surface area (Å²) in [7, 11) is 0. The smallest absolute Gasteiger partial charge is 0.224 e. The lowest BCUT2D eigenvalue weighted by molar-refractivity contribution is -0.125. The van der Waals surface area contributed by atoms with E-state index in [9.17, 15) is 4.79 Å². The molecule has 0 aliphatic carbocycles. The molecule has 1 aromatic heterocycles. The third kappa shape index (κ3) is 4.95.